The molecule has 2 atom stereocenters. The molecule has 1 aromatic rings. The number of piperazine rings is 1. The van der Waals surface area contributed by atoms with Crippen LogP contribution in [0.25, 0.3) is 0 Å². The van der Waals surface area contributed by atoms with Crippen molar-refractivity contribution >= 4 is 11.9 Å². The number of hydrogen-bond acceptors (Lipinski definition) is 6. The van der Waals surface area contributed by atoms with Crippen LogP contribution in [0.2, 0.25) is 0 Å². The van der Waals surface area contributed by atoms with E-state index in [9.17, 15) is 10.1 Å². The average molecular weight is 343 g/mol. The monoisotopic (exact) mass is 343 g/mol. The second-order valence-corrected chi connectivity index (χ2v) is 7.67. The molecule has 1 aromatic heterocycles. The standard InChI is InChI=1S/C18H25N5O2/c1-5-15-20-12(9-19)8-16(21-15)23-13-6-7-14(23)11-22(10-13)17(24)25-18(2,3)4/h8,13-14H,5-7,10-11H2,1-4H3. The quantitative estimate of drug-likeness (QED) is 0.820. The molecular formula is C18H25N5O2. The lowest BCUT2D eigenvalue weighted by molar-refractivity contribution is 0.0209. The first-order valence-electron chi connectivity index (χ1n) is 8.85. The molecule has 0 saturated carbocycles. The van der Waals surface area contributed by atoms with Crippen LogP contribution >= 0.6 is 0 Å². The van der Waals surface area contributed by atoms with E-state index in [0.717, 1.165) is 18.7 Å². The van der Waals surface area contributed by atoms with Crippen LogP contribution in [-0.4, -0.2) is 51.7 Å². The summed E-state index contributed by atoms with van der Waals surface area (Å²) in [7, 11) is 0. The van der Waals surface area contributed by atoms with Crippen molar-refractivity contribution in [1.29, 1.82) is 5.26 Å². The number of ether oxygens (including phenoxy) is 1. The Morgan fingerprint density at radius 1 is 1.32 bits per heavy atom. The molecule has 7 heteroatoms. The minimum Gasteiger partial charge on any atom is -0.444 e. The second-order valence-electron chi connectivity index (χ2n) is 7.67. The highest BCUT2D eigenvalue weighted by atomic mass is 16.6. The molecule has 7 nitrogen and oxygen atoms in total. The first-order chi connectivity index (χ1) is 11.8. The van der Waals surface area contributed by atoms with Gasteiger partial charge in [0, 0.05) is 37.7 Å². The Morgan fingerprint density at radius 3 is 2.48 bits per heavy atom. The number of aryl methyl sites for hydroxylation is 1. The zero-order valence-corrected chi connectivity index (χ0v) is 15.3. The fraction of sp³-hybridized carbons (Fsp3) is 0.667. The van der Waals surface area contributed by atoms with E-state index in [1.54, 1.807) is 11.0 Å². The predicted molar refractivity (Wildman–Crippen MR) is 93.2 cm³/mol. The summed E-state index contributed by atoms with van der Waals surface area (Å²) in [6.45, 7) is 8.87. The van der Waals surface area contributed by atoms with Crippen LogP contribution in [-0.2, 0) is 11.2 Å². The van der Waals surface area contributed by atoms with Crippen LogP contribution in [0, 0.1) is 11.3 Å². The lowest BCUT2D eigenvalue weighted by Gasteiger charge is -2.42. The molecule has 0 aromatic carbocycles. The topological polar surface area (TPSA) is 82.4 Å². The highest BCUT2D eigenvalue weighted by Gasteiger charge is 2.43. The molecule has 0 spiro atoms. The number of amides is 1. The molecule has 3 heterocycles. The Balaban J connectivity index is 1.80. The summed E-state index contributed by atoms with van der Waals surface area (Å²) >= 11 is 0. The minimum absolute atomic E-state index is 0.206. The van der Waals surface area contributed by atoms with Gasteiger partial charge in [0.25, 0.3) is 0 Å². The molecule has 1 amide bonds. The summed E-state index contributed by atoms with van der Waals surface area (Å²) in [5.41, 5.74) is -0.0895. The highest BCUT2D eigenvalue weighted by Crippen LogP contribution is 2.34. The zero-order valence-electron chi connectivity index (χ0n) is 15.3. The molecule has 134 valence electrons. The number of carbonyl (C=O) groups is 1. The summed E-state index contributed by atoms with van der Waals surface area (Å²) in [5.74, 6) is 1.49. The van der Waals surface area contributed by atoms with Crippen molar-refractivity contribution in [2.75, 3.05) is 18.0 Å². The average Bonchev–Trinajstić information content (AvgIpc) is 2.82. The Bertz CT molecular complexity index is 692. The first-order valence-corrected chi connectivity index (χ1v) is 8.85. The van der Waals surface area contributed by atoms with Gasteiger partial charge in [-0.3, -0.25) is 0 Å². The maximum Gasteiger partial charge on any atom is 0.410 e. The lowest BCUT2D eigenvalue weighted by Crippen LogP contribution is -2.56. The Kier molecular flexibility index (Phi) is 4.55. The van der Waals surface area contributed by atoms with Crippen LogP contribution in [0.3, 0.4) is 0 Å². The number of rotatable bonds is 2. The number of likely N-dealkylation sites (tertiary alicyclic amines) is 1. The largest absolute Gasteiger partial charge is 0.444 e. The van der Waals surface area contributed by atoms with Crippen LogP contribution < -0.4 is 4.90 Å². The molecule has 2 unspecified atom stereocenters. The van der Waals surface area contributed by atoms with E-state index in [2.05, 4.69) is 20.9 Å². The maximum absolute atomic E-state index is 12.4. The summed E-state index contributed by atoms with van der Waals surface area (Å²) < 4.78 is 5.52. The van der Waals surface area contributed by atoms with Crippen LogP contribution in [0.4, 0.5) is 10.6 Å². The van der Waals surface area contributed by atoms with Crippen LogP contribution in [0.15, 0.2) is 6.07 Å². The smallest absolute Gasteiger partial charge is 0.410 e. The molecule has 0 aliphatic carbocycles. The van der Waals surface area contributed by atoms with E-state index in [4.69, 9.17) is 4.74 Å². The van der Waals surface area contributed by atoms with Gasteiger partial charge >= 0.3 is 6.09 Å². The van der Waals surface area contributed by atoms with Gasteiger partial charge in [-0.1, -0.05) is 6.92 Å². The Morgan fingerprint density at radius 2 is 1.96 bits per heavy atom. The van der Waals surface area contributed by atoms with Gasteiger partial charge in [0.1, 0.15) is 29.0 Å². The van der Waals surface area contributed by atoms with Crippen molar-refractivity contribution in [3.05, 3.63) is 17.6 Å². The molecule has 2 saturated heterocycles. The number of fused-ring (bicyclic) bond motifs is 2. The molecule has 0 radical (unpaired) electrons. The SMILES string of the molecule is CCc1nc(C#N)cc(N2C3CCC2CN(C(=O)OC(C)(C)C)C3)n1. The molecule has 0 N–H and O–H groups in total. The number of carbonyl (C=O) groups excluding carboxylic acids is 1. The fourth-order valence-electron chi connectivity index (χ4n) is 3.58. The number of anilines is 1. The van der Waals surface area contributed by atoms with Crippen molar-refractivity contribution in [2.24, 2.45) is 0 Å². The Labute approximate surface area is 148 Å². The number of nitrogens with zero attached hydrogens (tertiary/aromatic N) is 5. The van der Waals surface area contributed by atoms with E-state index >= 15 is 0 Å². The molecule has 2 aliphatic heterocycles. The molecule has 2 bridgehead atoms. The summed E-state index contributed by atoms with van der Waals surface area (Å²) in [5, 5.41) is 9.22. The van der Waals surface area contributed by atoms with Crippen LogP contribution in [0.5, 0.6) is 0 Å². The van der Waals surface area contributed by atoms with Gasteiger partial charge in [0.05, 0.1) is 0 Å². The summed E-state index contributed by atoms with van der Waals surface area (Å²) in [4.78, 5) is 25.3. The molecule has 25 heavy (non-hydrogen) atoms. The minimum atomic E-state index is -0.488. The van der Waals surface area contributed by atoms with Crippen molar-refractivity contribution in [3.63, 3.8) is 0 Å². The third-order valence-electron chi connectivity index (χ3n) is 4.59. The predicted octanol–water partition coefficient (Wildman–Crippen LogP) is 2.50. The van der Waals surface area contributed by atoms with Gasteiger partial charge in [-0.05, 0) is 33.6 Å². The van der Waals surface area contributed by atoms with Gasteiger partial charge in [0.2, 0.25) is 0 Å². The lowest BCUT2D eigenvalue weighted by atomic mass is 10.2. The van der Waals surface area contributed by atoms with E-state index in [1.165, 1.54) is 0 Å². The van der Waals surface area contributed by atoms with Gasteiger partial charge in [0.15, 0.2) is 0 Å². The van der Waals surface area contributed by atoms with Gasteiger partial charge < -0.3 is 14.5 Å². The van der Waals surface area contributed by atoms with Crippen molar-refractivity contribution in [2.45, 2.75) is 64.6 Å². The zero-order chi connectivity index (χ0) is 18.2. The van der Waals surface area contributed by atoms with Gasteiger partial charge in [-0.25, -0.2) is 14.8 Å². The molecular weight excluding hydrogens is 318 g/mol. The van der Waals surface area contributed by atoms with Gasteiger partial charge in [-0.2, -0.15) is 5.26 Å². The molecule has 3 rings (SSSR count). The van der Waals surface area contributed by atoms with Crippen LogP contribution in [0.1, 0.15) is 52.1 Å². The summed E-state index contributed by atoms with van der Waals surface area (Å²) in [6.07, 6.45) is 2.46. The summed E-state index contributed by atoms with van der Waals surface area (Å²) in [6, 6.07) is 4.29. The van der Waals surface area contributed by atoms with E-state index in [1.807, 2.05) is 27.7 Å². The normalized spacial score (nSPS) is 22.7. The Hall–Kier alpha value is -2.36. The molecule has 2 fully saturated rings. The third kappa shape index (κ3) is 3.68. The molecule has 2 aliphatic rings. The first kappa shape index (κ1) is 17.5. The second kappa shape index (κ2) is 6.51. The highest BCUT2D eigenvalue weighted by molar-refractivity contribution is 5.69. The van der Waals surface area contributed by atoms with Gasteiger partial charge in [-0.15, -0.1) is 0 Å². The number of nitriles is 1. The fourth-order valence-corrected chi connectivity index (χ4v) is 3.58. The van der Waals surface area contributed by atoms with E-state index in [-0.39, 0.29) is 18.2 Å². The maximum atomic E-state index is 12.4. The number of hydrogen-bond donors (Lipinski definition) is 0. The van der Waals surface area contributed by atoms with Crippen molar-refractivity contribution in [3.8, 4) is 6.07 Å². The third-order valence-corrected chi connectivity index (χ3v) is 4.59. The van der Waals surface area contributed by atoms with E-state index in [0.29, 0.717) is 31.0 Å². The van der Waals surface area contributed by atoms with Crippen molar-refractivity contribution in [1.82, 2.24) is 14.9 Å². The number of aromatic nitrogens is 2. The van der Waals surface area contributed by atoms with E-state index < -0.39 is 5.60 Å². The van der Waals surface area contributed by atoms with Crippen molar-refractivity contribution < 1.29 is 9.53 Å².